The molecule has 1 aromatic heterocycles. The molecule has 0 aliphatic carbocycles. The molecule has 1 aliphatic rings. The van der Waals surface area contributed by atoms with Crippen LogP contribution in [0.3, 0.4) is 0 Å². The van der Waals surface area contributed by atoms with E-state index in [2.05, 4.69) is 4.98 Å². The van der Waals surface area contributed by atoms with Crippen LogP contribution >= 0.6 is 0 Å². The van der Waals surface area contributed by atoms with E-state index in [1.54, 1.807) is 0 Å². The highest BCUT2D eigenvalue weighted by Crippen LogP contribution is 2.32. The number of ether oxygens (including phenoxy) is 1. The fourth-order valence-corrected chi connectivity index (χ4v) is 1.90. The fraction of sp³-hybridized carbons (Fsp3) is 0.600. The number of halogens is 1. The van der Waals surface area contributed by atoms with E-state index in [-0.39, 0.29) is 5.82 Å². The van der Waals surface area contributed by atoms with E-state index in [0.29, 0.717) is 0 Å². The molecule has 18 heavy (non-hydrogen) atoms. The third-order valence-electron chi connectivity index (χ3n) is 2.83. The minimum absolute atomic E-state index is 0.0114. The number of aliphatic hydroxyl groups is 2. The first-order chi connectivity index (χ1) is 8.41. The molecule has 7 nitrogen and oxygen atoms in total. The number of nitrogens with zero attached hydrogens (tertiary/aromatic N) is 2. The second kappa shape index (κ2) is 4.63. The summed E-state index contributed by atoms with van der Waals surface area (Å²) in [6.45, 7) is 1.37. The SMILES string of the molecule is CC(O)[C@H]1O[C@@H](n2ccc(N)nc2=O)C(F)C1O. The van der Waals surface area contributed by atoms with Gasteiger partial charge in [-0.1, -0.05) is 0 Å². The molecule has 0 saturated carbocycles. The van der Waals surface area contributed by atoms with Crippen molar-refractivity contribution in [2.45, 2.75) is 37.6 Å². The zero-order chi connectivity index (χ0) is 13.4. The molecule has 1 saturated heterocycles. The van der Waals surface area contributed by atoms with Crippen LogP contribution in [-0.4, -0.2) is 44.2 Å². The first kappa shape index (κ1) is 12.9. The van der Waals surface area contributed by atoms with Gasteiger partial charge in [-0.15, -0.1) is 0 Å². The summed E-state index contributed by atoms with van der Waals surface area (Å²) in [6, 6.07) is 1.32. The summed E-state index contributed by atoms with van der Waals surface area (Å²) in [5.74, 6) is 0.0114. The van der Waals surface area contributed by atoms with E-state index in [1.165, 1.54) is 19.2 Å². The second-order valence-electron chi connectivity index (χ2n) is 4.21. The largest absolute Gasteiger partial charge is 0.391 e. The molecule has 0 bridgehead atoms. The lowest BCUT2D eigenvalue weighted by atomic mass is 10.1. The lowest BCUT2D eigenvalue weighted by molar-refractivity contribution is -0.0783. The Bertz CT molecular complexity index is 492. The number of nitrogens with two attached hydrogens (primary N) is 1. The molecule has 0 spiro atoms. The summed E-state index contributed by atoms with van der Waals surface area (Å²) in [7, 11) is 0. The number of nitrogen functional groups attached to an aromatic ring is 1. The van der Waals surface area contributed by atoms with Gasteiger partial charge in [0.15, 0.2) is 12.4 Å². The van der Waals surface area contributed by atoms with Crippen molar-refractivity contribution in [3.63, 3.8) is 0 Å². The molecule has 100 valence electrons. The lowest BCUT2D eigenvalue weighted by Gasteiger charge is -2.17. The van der Waals surface area contributed by atoms with Crippen LogP contribution in [0.4, 0.5) is 10.2 Å². The average molecular weight is 259 g/mol. The molecule has 3 unspecified atom stereocenters. The van der Waals surface area contributed by atoms with Crippen LogP contribution in [0.1, 0.15) is 13.2 Å². The normalized spacial score (nSPS) is 33.6. The third kappa shape index (κ3) is 2.09. The Morgan fingerprint density at radius 3 is 2.83 bits per heavy atom. The summed E-state index contributed by atoms with van der Waals surface area (Å²) in [5.41, 5.74) is 4.54. The summed E-state index contributed by atoms with van der Waals surface area (Å²) in [6.07, 6.45) is -5.55. The second-order valence-corrected chi connectivity index (χ2v) is 4.21. The van der Waals surface area contributed by atoms with E-state index in [4.69, 9.17) is 10.5 Å². The van der Waals surface area contributed by atoms with E-state index < -0.39 is 36.4 Å². The molecule has 1 fully saturated rings. The molecule has 0 radical (unpaired) electrons. The number of hydrogen-bond donors (Lipinski definition) is 3. The first-order valence-electron chi connectivity index (χ1n) is 5.42. The molecule has 5 atom stereocenters. The highest BCUT2D eigenvalue weighted by molar-refractivity contribution is 5.23. The van der Waals surface area contributed by atoms with Gasteiger partial charge in [0.1, 0.15) is 18.0 Å². The van der Waals surface area contributed by atoms with Crippen LogP contribution in [0.5, 0.6) is 0 Å². The van der Waals surface area contributed by atoms with Crippen molar-refractivity contribution in [1.29, 1.82) is 0 Å². The summed E-state index contributed by atoms with van der Waals surface area (Å²) in [4.78, 5) is 15.0. The molecular formula is C10H14FN3O4. The molecule has 4 N–H and O–H groups in total. The van der Waals surface area contributed by atoms with Gasteiger partial charge in [-0.3, -0.25) is 4.57 Å². The van der Waals surface area contributed by atoms with Gasteiger partial charge in [0.2, 0.25) is 0 Å². The van der Waals surface area contributed by atoms with Gasteiger partial charge in [-0.2, -0.15) is 4.98 Å². The zero-order valence-corrected chi connectivity index (χ0v) is 9.60. The molecule has 1 aromatic rings. The maximum Gasteiger partial charge on any atom is 0.351 e. The van der Waals surface area contributed by atoms with Crippen molar-refractivity contribution >= 4 is 5.82 Å². The molecule has 8 heteroatoms. The van der Waals surface area contributed by atoms with Gasteiger partial charge in [0, 0.05) is 6.20 Å². The standard InChI is InChI=1S/C10H14FN3O4/c1-4(15)8-7(16)6(11)9(18-8)14-3-2-5(12)13-10(14)17/h2-4,6-9,15-16H,1H3,(H2,12,13,17)/t4?,6?,7?,8-,9-/m1/s1. The number of anilines is 1. The van der Waals surface area contributed by atoms with Crippen LogP contribution in [0.2, 0.25) is 0 Å². The van der Waals surface area contributed by atoms with Gasteiger partial charge >= 0.3 is 5.69 Å². The van der Waals surface area contributed by atoms with Crippen LogP contribution in [0.25, 0.3) is 0 Å². The van der Waals surface area contributed by atoms with Gasteiger partial charge in [0.05, 0.1) is 6.10 Å². The highest BCUT2D eigenvalue weighted by Gasteiger charge is 2.47. The Hall–Kier alpha value is -1.51. The van der Waals surface area contributed by atoms with Crippen LogP contribution in [0, 0.1) is 0 Å². The predicted molar refractivity (Wildman–Crippen MR) is 59.4 cm³/mol. The topological polar surface area (TPSA) is 111 Å². The van der Waals surface area contributed by atoms with E-state index in [0.717, 1.165) is 4.57 Å². The molecule has 2 rings (SSSR count). The smallest absolute Gasteiger partial charge is 0.351 e. The fourth-order valence-electron chi connectivity index (χ4n) is 1.90. The average Bonchev–Trinajstić information content (AvgIpc) is 2.57. The maximum absolute atomic E-state index is 13.9. The zero-order valence-electron chi connectivity index (χ0n) is 9.60. The van der Waals surface area contributed by atoms with Crippen molar-refractivity contribution in [3.8, 4) is 0 Å². The number of aromatic nitrogens is 2. The minimum atomic E-state index is -1.83. The van der Waals surface area contributed by atoms with E-state index in [1.807, 2.05) is 0 Å². The molecule has 1 aliphatic heterocycles. The van der Waals surface area contributed by atoms with Gasteiger partial charge < -0.3 is 20.7 Å². The van der Waals surface area contributed by atoms with Crippen molar-refractivity contribution < 1.29 is 19.3 Å². The molecular weight excluding hydrogens is 245 g/mol. The van der Waals surface area contributed by atoms with Gasteiger partial charge in [0.25, 0.3) is 0 Å². The lowest BCUT2D eigenvalue weighted by Crippen LogP contribution is -2.36. The monoisotopic (exact) mass is 259 g/mol. The van der Waals surface area contributed by atoms with Gasteiger partial charge in [-0.05, 0) is 13.0 Å². The summed E-state index contributed by atoms with van der Waals surface area (Å²) < 4.78 is 19.9. The Morgan fingerprint density at radius 2 is 2.33 bits per heavy atom. The number of aliphatic hydroxyl groups excluding tert-OH is 2. The summed E-state index contributed by atoms with van der Waals surface area (Å²) in [5, 5.41) is 18.9. The highest BCUT2D eigenvalue weighted by atomic mass is 19.1. The minimum Gasteiger partial charge on any atom is -0.391 e. The van der Waals surface area contributed by atoms with Crippen LogP contribution in [0.15, 0.2) is 17.1 Å². The number of hydrogen-bond acceptors (Lipinski definition) is 6. The Balaban J connectivity index is 2.32. The molecule has 2 heterocycles. The maximum atomic E-state index is 13.9. The number of alkyl halides is 1. The van der Waals surface area contributed by atoms with Crippen LogP contribution in [-0.2, 0) is 4.74 Å². The van der Waals surface area contributed by atoms with Crippen molar-refractivity contribution in [1.82, 2.24) is 9.55 Å². The summed E-state index contributed by atoms with van der Waals surface area (Å²) >= 11 is 0. The Morgan fingerprint density at radius 1 is 1.67 bits per heavy atom. The predicted octanol–water partition coefficient (Wildman–Crippen LogP) is -1.20. The Labute approximate surface area is 102 Å². The van der Waals surface area contributed by atoms with Crippen molar-refractivity contribution in [2.24, 2.45) is 0 Å². The van der Waals surface area contributed by atoms with Gasteiger partial charge in [-0.25, -0.2) is 9.18 Å². The molecule has 0 aromatic carbocycles. The van der Waals surface area contributed by atoms with Crippen molar-refractivity contribution in [3.05, 3.63) is 22.7 Å². The van der Waals surface area contributed by atoms with E-state index in [9.17, 15) is 19.4 Å². The molecule has 0 amide bonds. The Kier molecular flexibility index (Phi) is 3.33. The van der Waals surface area contributed by atoms with Crippen molar-refractivity contribution in [2.75, 3.05) is 5.73 Å². The quantitative estimate of drug-likeness (QED) is 0.615. The first-order valence-corrected chi connectivity index (χ1v) is 5.42. The van der Waals surface area contributed by atoms with Crippen LogP contribution < -0.4 is 11.4 Å². The van der Waals surface area contributed by atoms with E-state index >= 15 is 0 Å². The third-order valence-corrected chi connectivity index (χ3v) is 2.83. The number of rotatable bonds is 2.